The van der Waals surface area contributed by atoms with Gasteiger partial charge in [-0.2, -0.15) is 0 Å². The van der Waals surface area contributed by atoms with Crippen LogP contribution in [0.1, 0.15) is 24.0 Å². The van der Waals surface area contributed by atoms with Crippen LogP contribution in [0.3, 0.4) is 0 Å². The van der Waals surface area contributed by atoms with E-state index in [1.54, 1.807) is 12.4 Å². The molecule has 0 radical (unpaired) electrons. The van der Waals surface area contributed by atoms with Crippen molar-refractivity contribution in [2.45, 2.75) is 19.0 Å². The van der Waals surface area contributed by atoms with E-state index in [2.05, 4.69) is 58.4 Å². The molecule has 2 unspecified atom stereocenters. The van der Waals surface area contributed by atoms with Gasteiger partial charge in [0.15, 0.2) is 5.82 Å². The second-order valence-electron chi connectivity index (χ2n) is 4.97. The first-order valence-corrected chi connectivity index (χ1v) is 11.3. The standard InChI is InChI=1S/C14H18IN6P/c1-16-14(12-13(20-22-15)19-8-7-18-12)21-9-3-4-10-11(21)5-2-6-17-10/h2,5-8,14,16,22H,3-4,9H2,1H3,(H,19,20). The Morgan fingerprint density at radius 1 is 1.27 bits per heavy atom. The summed E-state index contributed by atoms with van der Waals surface area (Å²) in [4.78, 5) is 15.9. The summed E-state index contributed by atoms with van der Waals surface area (Å²) < 4.78 is 0. The summed E-state index contributed by atoms with van der Waals surface area (Å²) in [5, 5.41) is 6.70. The number of hydrogen-bond donors (Lipinski definition) is 2. The molecule has 0 spiro atoms. The Bertz CT molecular complexity index is 640. The highest BCUT2D eigenvalue weighted by atomic mass is 127. The van der Waals surface area contributed by atoms with E-state index < -0.39 is 0 Å². The lowest BCUT2D eigenvalue weighted by Gasteiger charge is -2.37. The molecule has 0 aliphatic carbocycles. The van der Waals surface area contributed by atoms with E-state index in [-0.39, 0.29) is 6.17 Å². The second-order valence-corrected chi connectivity index (χ2v) is 7.02. The van der Waals surface area contributed by atoms with Gasteiger partial charge in [0.25, 0.3) is 0 Å². The maximum absolute atomic E-state index is 4.57. The number of nitrogens with one attached hydrogen (secondary N) is 2. The van der Waals surface area contributed by atoms with Gasteiger partial charge >= 0.3 is 0 Å². The minimum Gasteiger partial charge on any atom is -0.349 e. The number of pyridine rings is 1. The minimum absolute atomic E-state index is 0.0211. The number of nitrogens with zero attached hydrogens (tertiary/aromatic N) is 4. The third-order valence-corrected chi connectivity index (χ3v) is 4.86. The van der Waals surface area contributed by atoms with Crippen LogP contribution in [0.4, 0.5) is 11.5 Å². The smallest absolute Gasteiger partial charge is 0.154 e. The van der Waals surface area contributed by atoms with Crippen LogP contribution in [0.25, 0.3) is 0 Å². The van der Waals surface area contributed by atoms with Gasteiger partial charge in [-0.3, -0.25) is 15.3 Å². The molecule has 22 heavy (non-hydrogen) atoms. The number of halogens is 1. The van der Waals surface area contributed by atoms with Crippen LogP contribution >= 0.6 is 28.4 Å². The lowest BCUT2D eigenvalue weighted by molar-refractivity contribution is 0.510. The van der Waals surface area contributed by atoms with Gasteiger partial charge in [0.2, 0.25) is 0 Å². The topological polar surface area (TPSA) is 66.0 Å². The summed E-state index contributed by atoms with van der Waals surface area (Å²) in [5.74, 6) is 0.839. The molecule has 1 aliphatic heterocycles. The fraction of sp³-hybridized carbons (Fsp3) is 0.357. The van der Waals surface area contributed by atoms with Crippen molar-refractivity contribution < 1.29 is 0 Å². The number of rotatable bonds is 5. The Hall–Kier alpha value is -1.05. The van der Waals surface area contributed by atoms with Gasteiger partial charge in [-0.05, 0) is 54.1 Å². The van der Waals surface area contributed by atoms with Crippen molar-refractivity contribution >= 4 is 39.9 Å². The predicted octanol–water partition coefficient (Wildman–Crippen LogP) is 2.90. The first-order chi connectivity index (χ1) is 10.8. The molecule has 2 N–H and O–H groups in total. The minimum atomic E-state index is -0.0211. The van der Waals surface area contributed by atoms with Gasteiger partial charge < -0.3 is 9.99 Å². The highest BCUT2D eigenvalue weighted by Gasteiger charge is 2.27. The zero-order valence-corrected chi connectivity index (χ0v) is 15.4. The van der Waals surface area contributed by atoms with Crippen molar-refractivity contribution in [3.05, 3.63) is 42.1 Å². The number of aryl methyl sites for hydroxylation is 1. The quantitative estimate of drug-likeness (QED) is 0.564. The average molecular weight is 428 g/mol. The van der Waals surface area contributed by atoms with Gasteiger partial charge in [0, 0.05) is 31.5 Å². The molecule has 0 saturated carbocycles. The molecular formula is C14H18IN6P. The zero-order valence-electron chi connectivity index (χ0n) is 12.3. The molecule has 0 fully saturated rings. The molecule has 0 saturated heterocycles. The fourth-order valence-electron chi connectivity index (χ4n) is 2.82. The lowest BCUT2D eigenvalue weighted by Crippen LogP contribution is -2.41. The van der Waals surface area contributed by atoms with Gasteiger partial charge in [-0.15, -0.1) is 0 Å². The molecule has 0 bridgehead atoms. The highest BCUT2D eigenvalue weighted by molar-refractivity contribution is 14.2. The Balaban J connectivity index is 1.99. The number of aromatic nitrogens is 3. The van der Waals surface area contributed by atoms with Crippen molar-refractivity contribution in [2.75, 3.05) is 23.6 Å². The molecule has 2 atom stereocenters. The molecule has 3 heterocycles. The monoisotopic (exact) mass is 428 g/mol. The van der Waals surface area contributed by atoms with Gasteiger partial charge in [-0.1, -0.05) is 0 Å². The van der Waals surface area contributed by atoms with Gasteiger partial charge in [-0.25, -0.2) is 4.98 Å². The van der Waals surface area contributed by atoms with Crippen LogP contribution in [-0.4, -0.2) is 28.5 Å². The predicted molar refractivity (Wildman–Crippen MR) is 99.7 cm³/mol. The van der Waals surface area contributed by atoms with Crippen LogP contribution in [0, 0.1) is 0 Å². The summed E-state index contributed by atoms with van der Waals surface area (Å²) in [7, 11) is 1.96. The Morgan fingerprint density at radius 3 is 2.95 bits per heavy atom. The Labute approximate surface area is 144 Å². The van der Waals surface area contributed by atoms with Gasteiger partial charge in [0.05, 0.1) is 11.4 Å². The van der Waals surface area contributed by atoms with Crippen molar-refractivity contribution in [2.24, 2.45) is 0 Å². The fourth-order valence-corrected chi connectivity index (χ4v) is 3.87. The molecular weight excluding hydrogens is 410 g/mol. The van der Waals surface area contributed by atoms with Crippen LogP contribution in [0.5, 0.6) is 0 Å². The molecule has 0 aromatic carbocycles. The van der Waals surface area contributed by atoms with Crippen molar-refractivity contribution in [3.8, 4) is 0 Å². The number of anilines is 2. The summed E-state index contributed by atoms with van der Waals surface area (Å²) in [6.45, 7) is 0.979. The van der Waals surface area contributed by atoms with Crippen LogP contribution in [0.15, 0.2) is 30.7 Å². The summed E-state index contributed by atoms with van der Waals surface area (Å²) in [6, 6.07) is 4.13. The molecule has 8 heteroatoms. The van der Waals surface area contributed by atoms with E-state index in [0.29, 0.717) is 6.37 Å². The normalized spacial score (nSPS) is 15.8. The van der Waals surface area contributed by atoms with Crippen molar-refractivity contribution in [1.29, 1.82) is 0 Å². The van der Waals surface area contributed by atoms with E-state index in [9.17, 15) is 0 Å². The lowest BCUT2D eigenvalue weighted by atomic mass is 10.1. The summed E-state index contributed by atoms with van der Waals surface area (Å²) >= 11 is 2.30. The van der Waals surface area contributed by atoms with Gasteiger partial charge in [0.1, 0.15) is 11.9 Å². The Morgan fingerprint density at radius 2 is 2.14 bits per heavy atom. The number of fused-ring (bicyclic) bond motifs is 1. The number of hydrogen-bond acceptors (Lipinski definition) is 6. The van der Waals surface area contributed by atoms with Crippen LogP contribution in [0.2, 0.25) is 0 Å². The molecule has 116 valence electrons. The maximum Gasteiger partial charge on any atom is 0.154 e. The third kappa shape index (κ3) is 3.16. The molecule has 6 nitrogen and oxygen atoms in total. The van der Waals surface area contributed by atoms with E-state index in [1.807, 2.05) is 19.3 Å². The largest absolute Gasteiger partial charge is 0.349 e. The van der Waals surface area contributed by atoms with E-state index in [1.165, 1.54) is 5.69 Å². The highest BCUT2D eigenvalue weighted by Crippen LogP contribution is 2.34. The second kappa shape index (κ2) is 7.48. The van der Waals surface area contributed by atoms with Crippen LogP contribution in [-0.2, 0) is 6.42 Å². The van der Waals surface area contributed by atoms with E-state index in [4.69, 9.17) is 0 Å². The van der Waals surface area contributed by atoms with E-state index >= 15 is 0 Å². The van der Waals surface area contributed by atoms with E-state index in [0.717, 1.165) is 36.6 Å². The SMILES string of the molecule is CNC(c1nccnc1NPI)N1CCCc2ncccc21. The third-order valence-electron chi connectivity index (χ3n) is 3.72. The first-order valence-electron chi connectivity index (χ1n) is 7.15. The Kier molecular flexibility index (Phi) is 5.38. The summed E-state index contributed by atoms with van der Waals surface area (Å²) in [6.07, 6.45) is 8.00. The average Bonchev–Trinajstić information content (AvgIpc) is 2.57. The summed E-state index contributed by atoms with van der Waals surface area (Å²) in [5.41, 5.74) is 3.26. The maximum atomic E-state index is 4.57. The molecule has 3 rings (SSSR count). The zero-order chi connectivity index (χ0) is 15.4. The van der Waals surface area contributed by atoms with Crippen molar-refractivity contribution in [3.63, 3.8) is 0 Å². The molecule has 0 amide bonds. The molecule has 2 aromatic heterocycles. The molecule has 1 aliphatic rings. The van der Waals surface area contributed by atoms with Crippen molar-refractivity contribution in [1.82, 2.24) is 20.3 Å². The molecule has 2 aromatic rings. The first kappa shape index (κ1) is 15.8. The van der Waals surface area contributed by atoms with Crippen LogP contribution < -0.4 is 15.3 Å².